The summed E-state index contributed by atoms with van der Waals surface area (Å²) < 4.78 is 31.0. The van der Waals surface area contributed by atoms with Gasteiger partial charge in [-0.25, -0.2) is 13.6 Å². The molecule has 2 N–H and O–H groups in total. The van der Waals surface area contributed by atoms with Gasteiger partial charge < -0.3 is 0 Å². The summed E-state index contributed by atoms with van der Waals surface area (Å²) in [6.07, 6.45) is 3.28. The summed E-state index contributed by atoms with van der Waals surface area (Å²) >= 11 is 0. The van der Waals surface area contributed by atoms with Gasteiger partial charge in [-0.1, -0.05) is 17.7 Å². The minimum atomic E-state index is -3.52. The lowest BCUT2D eigenvalue weighted by atomic mass is 10.2. The van der Waals surface area contributed by atoms with Crippen LogP contribution in [0.4, 0.5) is 0 Å². The van der Waals surface area contributed by atoms with Crippen molar-refractivity contribution in [1.82, 2.24) is 0 Å². The molecule has 0 bridgehead atoms. The highest BCUT2D eigenvalue weighted by Crippen LogP contribution is 2.06. The molecule has 0 aliphatic carbocycles. The SMILES string of the molecule is CS(C)=O.Cc1ccc(S(N)(=O)=O)cc1. The summed E-state index contributed by atoms with van der Waals surface area (Å²) in [5.74, 6) is 0. The maximum absolute atomic E-state index is 10.7. The van der Waals surface area contributed by atoms with Gasteiger partial charge in [-0.05, 0) is 19.1 Å². The van der Waals surface area contributed by atoms with E-state index in [-0.39, 0.29) is 4.90 Å². The molecule has 1 rings (SSSR count). The van der Waals surface area contributed by atoms with Crippen LogP contribution in [0.15, 0.2) is 29.2 Å². The molecule has 0 unspecified atom stereocenters. The van der Waals surface area contributed by atoms with Crippen molar-refractivity contribution in [3.05, 3.63) is 29.8 Å². The van der Waals surface area contributed by atoms with Crippen molar-refractivity contribution >= 4 is 20.8 Å². The van der Waals surface area contributed by atoms with Crippen LogP contribution < -0.4 is 5.14 Å². The number of benzene rings is 1. The normalized spacial score (nSPS) is 10.7. The third-order valence-corrected chi connectivity index (χ3v) is 2.28. The van der Waals surface area contributed by atoms with Gasteiger partial charge in [0.25, 0.3) is 0 Å². The molecule has 0 saturated heterocycles. The van der Waals surface area contributed by atoms with E-state index < -0.39 is 20.8 Å². The van der Waals surface area contributed by atoms with Crippen molar-refractivity contribution in [3.8, 4) is 0 Å². The molecular formula is C9H15NO3S2. The third-order valence-electron chi connectivity index (χ3n) is 1.35. The Hall–Kier alpha value is -0.720. The van der Waals surface area contributed by atoms with E-state index >= 15 is 0 Å². The number of hydrogen-bond acceptors (Lipinski definition) is 3. The standard InChI is InChI=1S/C7H9NO2S.C2H6OS/c1-6-2-4-7(5-3-6)11(8,9)10;1-4(2)3/h2-5H,1H3,(H2,8,9,10);1-2H3. The number of hydrogen-bond donors (Lipinski definition) is 1. The number of nitrogens with two attached hydrogens (primary N) is 1. The molecule has 4 nitrogen and oxygen atoms in total. The van der Waals surface area contributed by atoms with Gasteiger partial charge in [0, 0.05) is 23.3 Å². The van der Waals surface area contributed by atoms with Gasteiger partial charge in [0.2, 0.25) is 10.0 Å². The van der Waals surface area contributed by atoms with Crippen molar-refractivity contribution in [2.75, 3.05) is 12.5 Å². The Morgan fingerprint density at radius 2 is 1.47 bits per heavy atom. The topological polar surface area (TPSA) is 77.2 Å². The lowest BCUT2D eigenvalue weighted by Crippen LogP contribution is -2.11. The van der Waals surface area contributed by atoms with Gasteiger partial charge in [-0.3, -0.25) is 4.21 Å². The fourth-order valence-corrected chi connectivity index (χ4v) is 1.24. The zero-order chi connectivity index (χ0) is 12.1. The Bertz CT molecular complexity index is 419. The Labute approximate surface area is 93.0 Å². The molecule has 1 aromatic carbocycles. The number of rotatable bonds is 1. The molecule has 0 radical (unpaired) electrons. The molecule has 0 aliphatic rings. The molecule has 86 valence electrons. The van der Waals surface area contributed by atoms with Gasteiger partial charge in [-0.15, -0.1) is 0 Å². The first-order chi connectivity index (χ1) is 6.73. The van der Waals surface area contributed by atoms with Crippen LogP contribution in [-0.2, 0) is 20.8 Å². The highest BCUT2D eigenvalue weighted by molar-refractivity contribution is 7.89. The fraction of sp³-hybridized carbons (Fsp3) is 0.333. The molecule has 0 saturated carbocycles. The highest BCUT2D eigenvalue weighted by Gasteiger charge is 2.04. The van der Waals surface area contributed by atoms with Crippen LogP contribution in [0.25, 0.3) is 0 Å². The summed E-state index contributed by atoms with van der Waals surface area (Å²) in [5, 5.41) is 4.88. The molecule has 0 fully saturated rings. The van der Waals surface area contributed by atoms with Gasteiger partial charge >= 0.3 is 0 Å². The Kier molecular flexibility index (Phi) is 5.71. The molecule has 0 spiro atoms. The number of sulfonamides is 1. The van der Waals surface area contributed by atoms with Crippen LogP contribution in [0.3, 0.4) is 0 Å². The molecule has 0 heterocycles. The van der Waals surface area contributed by atoms with E-state index in [2.05, 4.69) is 0 Å². The van der Waals surface area contributed by atoms with Gasteiger partial charge in [-0.2, -0.15) is 0 Å². The van der Waals surface area contributed by atoms with Crippen LogP contribution in [0.2, 0.25) is 0 Å². The first-order valence-electron chi connectivity index (χ1n) is 4.08. The highest BCUT2D eigenvalue weighted by atomic mass is 32.2. The number of primary sulfonamides is 1. The molecule has 0 aliphatic heterocycles. The van der Waals surface area contributed by atoms with E-state index in [1.54, 1.807) is 24.6 Å². The minimum Gasteiger partial charge on any atom is -0.260 e. The summed E-state index contributed by atoms with van der Waals surface area (Å²) in [6, 6.07) is 6.40. The predicted octanol–water partition coefficient (Wildman–Crippen LogP) is 0.637. The molecule has 0 amide bonds. The fourth-order valence-electron chi connectivity index (χ4n) is 0.728. The van der Waals surface area contributed by atoms with E-state index in [4.69, 9.17) is 5.14 Å². The maximum atomic E-state index is 10.7. The van der Waals surface area contributed by atoms with Crippen molar-refractivity contribution in [2.45, 2.75) is 11.8 Å². The number of aryl methyl sites for hydroxylation is 1. The second kappa shape index (κ2) is 5.99. The summed E-state index contributed by atoms with van der Waals surface area (Å²) in [7, 11) is -4.13. The van der Waals surface area contributed by atoms with Crippen LogP contribution in [-0.4, -0.2) is 25.1 Å². The minimum absolute atomic E-state index is 0.156. The van der Waals surface area contributed by atoms with Crippen LogP contribution in [0.5, 0.6) is 0 Å². The van der Waals surface area contributed by atoms with E-state index in [1.807, 2.05) is 6.92 Å². The van der Waals surface area contributed by atoms with Crippen molar-refractivity contribution in [1.29, 1.82) is 0 Å². The van der Waals surface area contributed by atoms with Gasteiger partial charge in [0.1, 0.15) is 0 Å². The van der Waals surface area contributed by atoms with Crippen LogP contribution >= 0.6 is 0 Å². The lowest BCUT2D eigenvalue weighted by molar-refractivity contribution is 0.598. The van der Waals surface area contributed by atoms with E-state index in [9.17, 15) is 12.6 Å². The van der Waals surface area contributed by atoms with Crippen molar-refractivity contribution < 1.29 is 12.6 Å². The largest absolute Gasteiger partial charge is 0.260 e. The average molecular weight is 249 g/mol. The molecule has 0 atom stereocenters. The third kappa shape index (κ3) is 7.24. The maximum Gasteiger partial charge on any atom is 0.238 e. The van der Waals surface area contributed by atoms with Crippen LogP contribution in [0.1, 0.15) is 5.56 Å². The molecule has 0 aromatic heterocycles. The zero-order valence-corrected chi connectivity index (χ0v) is 10.6. The first kappa shape index (κ1) is 14.3. The average Bonchev–Trinajstić information content (AvgIpc) is 2.01. The van der Waals surface area contributed by atoms with Crippen molar-refractivity contribution in [2.24, 2.45) is 5.14 Å². The van der Waals surface area contributed by atoms with E-state index in [0.29, 0.717) is 0 Å². The Morgan fingerprint density at radius 3 is 1.73 bits per heavy atom. The van der Waals surface area contributed by atoms with Gasteiger partial charge in [0.05, 0.1) is 4.90 Å². The second-order valence-electron chi connectivity index (χ2n) is 3.10. The van der Waals surface area contributed by atoms with Crippen LogP contribution in [0, 0.1) is 6.92 Å². The molecular weight excluding hydrogens is 234 g/mol. The first-order valence-corrected chi connectivity index (χ1v) is 7.59. The predicted molar refractivity (Wildman–Crippen MR) is 62.5 cm³/mol. The Morgan fingerprint density at radius 1 is 1.13 bits per heavy atom. The Balaban J connectivity index is 0.000000423. The van der Waals surface area contributed by atoms with Gasteiger partial charge in [0.15, 0.2) is 0 Å². The van der Waals surface area contributed by atoms with E-state index in [0.717, 1.165) is 5.56 Å². The molecule has 15 heavy (non-hydrogen) atoms. The quantitative estimate of drug-likeness (QED) is 0.793. The monoisotopic (exact) mass is 249 g/mol. The second-order valence-corrected chi connectivity index (χ2v) is 6.14. The summed E-state index contributed by atoms with van der Waals surface area (Å²) in [6.45, 7) is 1.88. The molecule has 6 heteroatoms. The summed E-state index contributed by atoms with van der Waals surface area (Å²) in [5.41, 5.74) is 1.01. The lowest BCUT2D eigenvalue weighted by Gasteiger charge is -1.96. The van der Waals surface area contributed by atoms with Crippen molar-refractivity contribution in [3.63, 3.8) is 0 Å². The summed E-state index contributed by atoms with van der Waals surface area (Å²) in [4.78, 5) is 0.156. The smallest absolute Gasteiger partial charge is 0.238 e. The molecule has 1 aromatic rings. The zero-order valence-electron chi connectivity index (χ0n) is 8.93. The van der Waals surface area contributed by atoms with E-state index in [1.165, 1.54) is 12.1 Å².